The molecule has 0 unspecified atom stereocenters. The number of hydrazine groups is 1. The first kappa shape index (κ1) is 10.4. The third-order valence-electron chi connectivity index (χ3n) is 1.51. The molecule has 0 aromatic heterocycles. The first-order valence-electron chi connectivity index (χ1n) is 3.75. The van der Waals surface area contributed by atoms with E-state index in [2.05, 4.69) is 23.0 Å². The van der Waals surface area contributed by atoms with Gasteiger partial charge in [-0.2, -0.15) is 0 Å². The van der Waals surface area contributed by atoms with E-state index in [1.54, 1.807) is 12.1 Å². The third kappa shape index (κ3) is 2.41. The van der Waals surface area contributed by atoms with Crippen LogP contribution in [0.5, 0.6) is 5.75 Å². The minimum Gasteiger partial charge on any atom is -0.507 e. The van der Waals surface area contributed by atoms with E-state index in [1.165, 1.54) is 12.1 Å². The summed E-state index contributed by atoms with van der Waals surface area (Å²) in [5.74, 6) is 4.35. The van der Waals surface area contributed by atoms with Gasteiger partial charge in [-0.15, -0.1) is 0 Å². The molecule has 0 radical (unpaired) electrons. The Morgan fingerprint density at radius 1 is 1.43 bits per heavy atom. The molecule has 0 aliphatic rings. The lowest BCUT2D eigenvalue weighted by Gasteiger charge is -2.06. The van der Waals surface area contributed by atoms with Gasteiger partial charge >= 0.3 is 0 Å². The first-order valence-corrected chi connectivity index (χ1v) is 4.16. The SMILES string of the molecule is NNC(=S)NC(=O)c1ccccc1O. The van der Waals surface area contributed by atoms with Crippen LogP contribution in [0.2, 0.25) is 0 Å². The lowest BCUT2D eigenvalue weighted by atomic mass is 10.2. The maximum Gasteiger partial charge on any atom is 0.261 e. The molecule has 0 atom stereocenters. The van der Waals surface area contributed by atoms with Crippen LogP contribution in [-0.2, 0) is 0 Å². The summed E-state index contributed by atoms with van der Waals surface area (Å²) in [7, 11) is 0. The van der Waals surface area contributed by atoms with E-state index in [0.717, 1.165) is 0 Å². The third-order valence-corrected chi connectivity index (χ3v) is 1.73. The van der Waals surface area contributed by atoms with E-state index in [4.69, 9.17) is 5.84 Å². The number of thiocarbonyl (C=S) groups is 1. The highest BCUT2D eigenvalue weighted by Gasteiger charge is 2.10. The molecule has 0 fully saturated rings. The van der Waals surface area contributed by atoms with E-state index in [-0.39, 0.29) is 16.4 Å². The largest absolute Gasteiger partial charge is 0.507 e. The van der Waals surface area contributed by atoms with Crippen LogP contribution in [0.3, 0.4) is 0 Å². The summed E-state index contributed by atoms with van der Waals surface area (Å²) in [4.78, 5) is 11.4. The number of nitrogens with two attached hydrogens (primary N) is 1. The van der Waals surface area contributed by atoms with Crippen molar-refractivity contribution in [2.24, 2.45) is 5.84 Å². The van der Waals surface area contributed by atoms with Crippen molar-refractivity contribution < 1.29 is 9.90 Å². The van der Waals surface area contributed by atoms with Crippen LogP contribution in [0.4, 0.5) is 0 Å². The van der Waals surface area contributed by atoms with E-state index in [1.807, 2.05) is 0 Å². The minimum atomic E-state index is -0.508. The number of amides is 1. The highest BCUT2D eigenvalue weighted by molar-refractivity contribution is 7.80. The molecule has 1 amide bonds. The van der Waals surface area contributed by atoms with Crippen LogP contribution in [0, 0.1) is 0 Å². The van der Waals surface area contributed by atoms with E-state index in [0.29, 0.717) is 0 Å². The van der Waals surface area contributed by atoms with Crippen molar-refractivity contribution in [2.75, 3.05) is 0 Å². The van der Waals surface area contributed by atoms with Gasteiger partial charge in [0.2, 0.25) is 0 Å². The molecular formula is C8H9N3O2S. The molecule has 74 valence electrons. The predicted molar refractivity (Wildman–Crippen MR) is 55.5 cm³/mol. The Hall–Kier alpha value is -1.66. The summed E-state index contributed by atoms with van der Waals surface area (Å²) >= 11 is 4.63. The Bertz CT molecular complexity index is 367. The van der Waals surface area contributed by atoms with E-state index < -0.39 is 5.91 Å². The van der Waals surface area contributed by atoms with Crippen molar-refractivity contribution in [3.63, 3.8) is 0 Å². The molecule has 5 N–H and O–H groups in total. The second-order valence-corrected chi connectivity index (χ2v) is 2.85. The predicted octanol–water partition coefficient (Wildman–Crippen LogP) is -0.130. The second kappa shape index (κ2) is 4.54. The Morgan fingerprint density at radius 2 is 2.07 bits per heavy atom. The monoisotopic (exact) mass is 211 g/mol. The Kier molecular flexibility index (Phi) is 3.38. The second-order valence-electron chi connectivity index (χ2n) is 2.44. The summed E-state index contributed by atoms with van der Waals surface area (Å²) in [5, 5.41) is 11.6. The molecule has 0 aliphatic carbocycles. The lowest BCUT2D eigenvalue weighted by molar-refractivity contribution is 0.0974. The van der Waals surface area contributed by atoms with Crippen molar-refractivity contribution in [1.82, 2.24) is 10.7 Å². The Balaban J connectivity index is 2.80. The summed E-state index contributed by atoms with van der Waals surface area (Å²) in [6.45, 7) is 0. The first-order chi connectivity index (χ1) is 6.65. The van der Waals surface area contributed by atoms with Gasteiger partial charge in [0.25, 0.3) is 5.91 Å². The number of rotatable bonds is 1. The van der Waals surface area contributed by atoms with E-state index in [9.17, 15) is 9.90 Å². The molecule has 0 bridgehead atoms. The minimum absolute atomic E-state index is 0.00162. The van der Waals surface area contributed by atoms with Crippen LogP contribution >= 0.6 is 12.2 Å². The quantitative estimate of drug-likeness (QED) is 0.295. The van der Waals surface area contributed by atoms with Gasteiger partial charge in [-0.05, 0) is 24.4 Å². The fourth-order valence-electron chi connectivity index (χ4n) is 0.872. The van der Waals surface area contributed by atoms with Gasteiger partial charge in [-0.1, -0.05) is 12.1 Å². The molecule has 0 saturated heterocycles. The van der Waals surface area contributed by atoms with Gasteiger partial charge in [0.05, 0.1) is 5.56 Å². The van der Waals surface area contributed by atoms with Gasteiger partial charge in [0, 0.05) is 0 Å². The van der Waals surface area contributed by atoms with Crippen LogP contribution in [0.1, 0.15) is 10.4 Å². The highest BCUT2D eigenvalue weighted by Crippen LogP contribution is 2.14. The summed E-state index contributed by atoms with van der Waals surface area (Å²) < 4.78 is 0. The number of phenols is 1. The number of para-hydroxylation sites is 1. The summed E-state index contributed by atoms with van der Waals surface area (Å²) in [6.07, 6.45) is 0. The van der Waals surface area contributed by atoms with Gasteiger partial charge < -0.3 is 10.5 Å². The molecule has 6 heteroatoms. The molecule has 0 spiro atoms. The van der Waals surface area contributed by atoms with Crippen LogP contribution in [-0.4, -0.2) is 16.1 Å². The number of nitrogens with one attached hydrogen (secondary N) is 2. The maximum atomic E-state index is 11.4. The van der Waals surface area contributed by atoms with Crippen molar-refractivity contribution in [3.8, 4) is 5.75 Å². The standard InChI is InChI=1S/C8H9N3O2S/c9-11-8(14)10-7(13)5-3-1-2-4-6(5)12/h1-4,12H,9H2,(H2,10,11,13,14). The number of carbonyl (C=O) groups is 1. The lowest BCUT2D eigenvalue weighted by Crippen LogP contribution is -2.42. The van der Waals surface area contributed by atoms with Crippen LogP contribution in [0.15, 0.2) is 24.3 Å². The Labute approximate surface area is 85.9 Å². The molecule has 1 aromatic carbocycles. The van der Waals surface area contributed by atoms with Gasteiger partial charge in [-0.25, -0.2) is 5.84 Å². The van der Waals surface area contributed by atoms with Gasteiger partial charge in [0.15, 0.2) is 5.11 Å². The average molecular weight is 211 g/mol. The molecule has 0 saturated carbocycles. The number of carbonyl (C=O) groups excluding carboxylic acids is 1. The number of phenolic OH excluding ortho intramolecular Hbond substituents is 1. The smallest absolute Gasteiger partial charge is 0.261 e. The van der Waals surface area contributed by atoms with Crippen LogP contribution < -0.4 is 16.6 Å². The fourth-order valence-corrected chi connectivity index (χ4v) is 0.965. The van der Waals surface area contributed by atoms with Crippen molar-refractivity contribution in [2.45, 2.75) is 0 Å². The molecule has 1 rings (SSSR count). The molecule has 0 heterocycles. The van der Waals surface area contributed by atoms with Crippen molar-refractivity contribution in [3.05, 3.63) is 29.8 Å². The normalized spacial score (nSPS) is 9.21. The summed E-state index contributed by atoms with van der Waals surface area (Å²) in [6, 6.07) is 6.14. The molecular weight excluding hydrogens is 202 g/mol. The average Bonchev–Trinajstić information content (AvgIpc) is 2.18. The fraction of sp³-hybridized carbons (Fsp3) is 0. The molecule has 5 nitrogen and oxygen atoms in total. The number of hydrogen-bond acceptors (Lipinski definition) is 4. The zero-order valence-corrected chi connectivity index (χ0v) is 7.97. The zero-order valence-electron chi connectivity index (χ0n) is 7.15. The highest BCUT2D eigenvalue weighted by atomic mass is 32.1. The summed E-state index contributed by atoms with van der Waals surface area (Å²) in [5.41, 5.74) is 2.25. The van der Waals surface area contributed by atoms with Gasteiger partial charge in [-0.3, -0.25) is 10.1 Å². The van der Waals surface area contributed by atoms with Crippen molar-refractivity contribution >= 4 is 23.2 Å². The maximum absolute atomic E-state index is 11.4. The van der Waals surface area contributed by atoms with Crippen molar-refractivity contribution in [1.29, 1.82) is 0 Å². The molecule has 1 aromatic rings. The molecule has 14 heavy (non-hydrogen) atoms. The zero-order chi connectivity index (χ0) is 10.6. The topological polar surface area (TPSA) is 87.4 Å². The van der Waals surface area contributed by atoms with Gasteiger partial charge in [0.1, 0.15) is 5.75 Å². The number of aromatic hydroxyl groups is 1. The van der Waals surface area contributed by atoms with E-state index >= 15 is 0 Å². The van der Waals surface area contributed by atoms with Crippen LogP contribution in [0.25, 0.3) is 0 Å². The Morgan fingerprint density at radius 3 is 2.64 bits per heavy atom. The number of benzene rings is 1. The number of hydrogen-bond donors (Lipinski definition) is 4. The molecule has 0 aliphatic heterocycles.